The lowest BCUT2D eigenvalue weighted by Crippen LogP contribution is -2.54. The Bertz CT molecular complexity index is 216. The van der Waals surface area contributed by atoms with Gasteiger partial charge in [0, 0.05) is 31.6 Å². The van der Waals surface area contributed by atoms with Gasteiger partial charge in [-0.25, -0.2) is 5.01 Å². The first-order chi connectivity index (χ1) is 7.02. The first-order valence-corrected chi connectivity index (χ1v) is 5.85. The summed E-state index contributed by atoms with van der Waals surface area (Å²) in [5, 5.41) is 4.05. The van der Waals surface area contributed by atoms with E-state index in [2.05, 4.69) is 18.9 Å². The molecule has 0 saturated carbocycles. The number of amides is 1. The monoisotopic (exact) mass is 213 g/mol. The number of carbonyl (C=O) groups excluding carboxylic acids is 1. The van der Waals surface area contributed by atoms with Crippen LogP contribution >= 0.6 is 0 Å². The predicted octanol–water partition coefficient (Wildman–Crippen LogP) is 0.972. The van der Waals surface area contributed by atoms with Gasteiger partial charge < -0.3 is 5.73 Å². The minimum absolute atomic E-state index is 0.205. The second-order valence-corrected chi connectivity index (χ2v) is 4.66. The fraction of sp³-hybridized carbons (Fsp3) is 0.909. The minimum atomic E-state index is 0.205. The average molecular weight is 213 g/mol. The minimum Gasteiger partial charge on any atom is -0.328 e. The highest BCUT2D eigenvalue weighted by molar-refractivity contribution is 5.76. The van der Waals surface area contributed by atoms with Crippen LogP contribution in [0.15, 0.2) is 0 Å². The molecule has 2 N–H and O–H groups in total. The Hall–Kier alpha value is -0.610. The van der Waals surface area contributed by atoms with Crippen molar-refractivity contribution in [2.75, 3.05) is 13.1 Å². The average Bonchev–Trinajstić information content (AvgIpc) is 2.13. The van der Waals surface area contributed by atoms with E-state index in [-0.39, 0.29) is 18.0 Å². The quantitative estimate of drug-likeness (QED) is 0.757. The molecule has 0 aliphatic carbocycles. The lowest BCUT2D eigenvalue weighted by molar-refractivity contribution is -0.160. The van der Waals surface area contributed by atoms with E-state index in [1.165, 1.54) is 0 Å². The van der Waals surface area contributed by atoms with Crippen LogP contribution in [0.25, 0.3) is 0 Å². The van der Waals surface area contributed by atoms with Gasteiger partial charge in [-0.05, 0) is 33.6 Å². The third-order valence-electron chi connectivity index (χ3n) is 2.70. The van der Waals surface area contributed by atoms with Crippen LogP contribution in [0.4, 0.5) is 0 Å². The zero-order valence-electron chi connectivity index (χ0n) is 10.1. The lowest BCUT2D eigenvalue weighted by atomic mass is 10.2. The van der Waals surface area contributed by atoms with Gasteiger partial charge in [-0.3, -0.25) is 9.80 Å². The topological polar surface area (TPSA) is 49.6 Å². The Morgan fingerprint density at radius 1 is 1.40 bits per heavy atom. The van der Waals surface area contributed by atoms with Crippen molar-refractivity contribution in [2.24, 2.45) is 5.73 Å². The molecule has 1 heterocycles. The standard InChI is InChI=1S/C11H23N3O/c1-9(2)14-11(15)5-4-7-13(14)8-6-10(3)12/h9-10H,4-8,12H2,1-3H3. The molecule has 1 unspecified atom stereocenters. The highest BCUT2D eigenvalue weighted by atomic mass is 16.2. The molecular formula is C11H23N3O. The molecule has 4 nitrogen and oxygen atoms in total. The van der Waals surface area contributed by atoms with Crippen LogP contribution in [0.3, 0.4) is 0 Å². The Balaban J connectivity index is 2.55. The first-order valence-electron chi connectivity index (χ1n) is 5.85. The molecule has 0 aromatic heterocycles. The number of carbonyl (C=O) groups is 1. The zero-order chi connectivity index (χ0) is 11.4. The second-order valence-electron chi connectivity index (χ2n) is 4.66. The van der Waals surface area contributed by atoms with E-state index in [1.807, 2.05) is 11.9 Å². The van der Waals surface area contributed by atoms with Crippen molar-refractivity contribution in [3.8, 4) is 0 Å². The Labute approximate surface area is 92.4 Å². The third kappa shape index (κ3) is 3.47. The van der Waals surface area contributed by atoms with E-state index < -0.39 is 0 Å². The number of hydrazine groups is 1. The van der Waals surface area contributed by atoms with Crippen LogP contribution in [0.2, 0.25) is 0 Å². The van der Waals surface area contributed by atoms with E-state index in [1.54, 1.807) is 0 Å². The van der Waals surface area contributed by atoms with Gasteiger partial charge in [0.25, 0.3) is 0 Å². The van der Waals surface area contributed by atoms with Crippen molar-refractivity contribution in [2.45, 2.75) is 52.1 Å². The molecular weight excluding hydrogens is 190 g/mol. The molecule has 0 aromatic carbocycles. The fourth-order valence-electron chi connectivity index (χ4n) is 1.98. The largest absolute Gasteiger partial charge is 0.328 e. The first kappa shape index (κ1) is 12.5. The zero-order valence-corrected chi connectivity index (χ0v) is 10.1. The summed E-state index contributed by atoms with van der Waals surface area (Å²) in [6.45, 7) is 7.99. The maximum atomic E-state index is 11.7. The number of hydrogen-bond donors (Lipinski definition) is 1. The van der Waals surface area contributed by atoms with Gasteiger partial charge in [-0.15, -0.1) is 0 Å². The van der Waals surface area contributed by atoms with Crippen molar-refractivity contribution in [3.05, 3.63) is 0 Å². The molecule has 1 atom stereocenters. The maximum absolute atomic E-state index is 11.7. The Morgan fingerprint density at radius 3 is 2.60 bits per heavy atom. The number of nitrogens with two attached hydrogens (primary N) is 1. The Morgan fingerprint density at radius 2 is 2.07 bits per heavy atom. The van der Waals surface area contributed by atoms with Crippen molar-refractivity contribution in [1.82, 2.24) is 10.0 Å². The van der Waals surface area contributed by atoms with E-state index in [4.69, 9.17) is 5.73 Å². The predicted molar refractivity (Wildman–Crippen MR) is 61.1 cm³/mol. The summed E-state index contributed by atoms with van der Waals surface area (Å²) in [7, 11) is 0. The van der Waals surface area contributed by atoms with Gasteiger partial charge in [0.1, 0.15) is 0 Å². The van der Waals surface area contributed by atoms with Gasteiger partial charge in [0.15, 0.2) is 0 Å². The molecule has 1 rings (SSSR count). The van der Waals surface area contributed by atoms with Crippen LogP contribution in [-0.4, -0.2) is 41.1 Å². The second kappa shape index (κ2) is 5.47. The summed E-state index contributed by atoms with van der Waals surface area (Å²) in [6.07, 6.45) is 2.60. The SMILES string of the molecule is CC(N)CCN1CCCC(=O)N1C(C)C. The molecule has 4 heteroatoms. The summed E-state index contributed by atoms with van der Waals surface area (Å²) in [5.74, 6) is 0.251. The molecule has 1 aliphatic rings. The third-order valence-corrected chi connectivity index (χ3v) is 2.70. The van der Waals surface area contributed by atoms with E-state index in [0.717, 1.165) is 25.9 Å². The molecule has 1 saturated heterocycles. The molecule has 0 bridgehead atoms. The van der Waals surface area contributed by atoms with Gasteiger partial charge in [-0.1, -0.05) is 0 Å². The van der Waals surface area contributed by atoms with Crippen molar-refractivity contribution in [3.63, 3.8) is 0 Å². The number of rotatable bonds is 4. The maximum Gasteiger partial charge on any atom is 0.237 e. The molecule has 88 valence electrons. The molecule has 0 spiro atoms. The molecule has 1 fully saturated rings. The molecule has 15 heavy (non-hydrogen) atoms. The molecule has 1 amide bonds. The summed E-state index contributed by atoms with van der Waals surface area (Å²) in [4.78, 5) is 11.7. The van der Waals surface area contributed by atoms with Crippen LogP contribution in [-0.2, 0) is 4.79 Å². The summed E-state index contributed by atoms with van der Waals surface area (Å²) >= 11 is 0. The highest BCUT2D eigenvalue weighted by Crippen LogP contribution is 2.16. The van der Waals surface area contributed by atoms with Crippen LogP contribution in [0, 0.1) is 0 Å². The number of nitrogens with zero attached hydrogens (tertiary/aromatic N) is 2. The molecule has 0 radical (unpaired) electrons. The van der Waals surface area contributed by atoms with Gasteiger partial charge >= 0.3 is 0 Å². The fourth-order valence-corrected chi connectivity index (χ4v) is 1.98. The Kier molecular flexibility index (Phi) is 4.54. The molecule has 0 aromatic rings. The van der Waals surface area contributed by atoms with E-state index in [9.17, 15) is 4.79 Å². The lowest BCUT2D eigenvalue weighted by Gasteiger charge is -2.41. The smallest absolute Gasteiger partial charge is 0.237 e. The van der Waals surface area contributed by atoms with Crippen molar-refractivity contribution in [1.29, 1.82) is 0 Å². The van der Waals surface area contributed by atoms with Crippen LogP contribution in [0.1, 0.15) is 40.0 Å². The summed E-state index contributed by atoms with van der Waals surface area (Å²) in [5.41, 5.74) is 5.74. The normalized spacial score (nSPS) is 21.1. The van der Waals surface area contributed by atoms with Crippen molar-refractivity contribution < 1.29 is 4.79 Å². The van der Waals surface area contributed by atoms with Gasteiger partial charge in [0.2, 0.25) is 5.91 Å². The highest BCUT2D eigenvalue weighted by Gasteiger charge is 2.27. The van der Waals surface area contributed by atoms with Crippen molar-refractivity contribution >= 4 is 5.91 Å². The summed E-state index contributed by atoms with van der Waals surface area (Å²) in [6, 6.07) is 0.460. The van der Waals surface area contributed by atoms with E-state index in [0.29, 0.717) is 6.42 Å². The van der Waals surface area contributed by atoms with Crippen LogP contribution in [0.5, 0.6) is 0 Å². The van der Waals surface area contributed by atoms with Gasteiger partial charge in [-0.2, -0.15) is 0 Å². The summed E-state index contributed by atoms with van der Waals surface area (Å²) < 4.78 is 0. The molecule has 1 aliphatic heterocycles. The number of hydrogen-bond acceptors (Lipinski definition) is 3. The van der Waals surface area contributed by atoms with Crippen LogP contribution < -0.4 is 5.73 Å². The van der Waals surface area contributed by atoms with Gasteiger partial charge in [0.05, 0.1) is 0 Å². The van der Waals surface area contributed by atoms with E-state index >= 15 is 0 Å².